The first kappa shape index (κ1) is 19.9. The Hall–Kier alpha value is -1.46. The lowest BCUT2D eigenvalue weighted by Gasteiger charge is -2.22. The number of hydrogen-bond donors (Lipinski definition) is 1. The summed E-state index contributed by atoms with van der Waals surface area (Å²) in [5.74, 6) is 1.41. The van der Waals surface area contributed by atoms with Gasteiger partial charge >= 0.3 is 5.97 Å². The molecule has 25 heavy (non-hydrogen) atoms. The van der Waals surface area contributed by atoms with Crippen LogP contribution in [0.4, 0.5) is 5.69 Å². The second-order valence-corrected chi connectivity index (χ2v) is 6.84. The highest BCUT2D eigenvalue weighted by Gasteiger charge is 2.11. The number of rotatable bonds is 11. The summed E-state index contributed by atoms with van der Waals surface area (Å²) in [5, 5.41) is 8.68. The van der Waals surface area contributed by atoms with E-state index in [9.17, 15) is 4.79 Å². The molecule has 0 bridgehead atoms. The lowest BCUT2D eigenvalue weighted by Crippen LogP contribution is -2.27. The number of halogens is 2. The first-order valence-corrected chi connectivity index (χ1v) is 9.67. The Morgan fingerprint density at radius 2 is 1.92 bits per heavy atom. The van der Waals surface area contributed by atoms with E-state index in [1.54, 1.807) is 0 Å². The first-order valence-electron chi connectivity index (χ1n) is 8.61. The average Bonchev–Trinajstić information content (AvgIpc) is 2.89. The smallest absolute Gasteiger partial charge is 0.303 e. The fourth-order valence-corrected chi connectivity index (χ4v) is 3.38. The zero-order chi connectivity index (χ0) is 18.2. The lowest BCUT2D eigenvalue weighted by molar-refractivity contribution is -0.137. The van der Waals surface area contributed by atoms with Crippen LogP contribution < -0.4 is 4.90 Å². The van der Waals surface area contributed by atoms with Crippen LogP contribution in [-0.4, -0.2) is 45.5 Å². The molecule has 0 atom stereocenters. The Balaban J connectivity index is 2.08. The summed E-state index contributed by atoms with van der Waals surface area (Å²) in [6.45, 7) is 1.51. The predicted octanol–water partition coefficient (Wildman–Crippen LogP) is 4.04. The van der Waals surface area contributed by atoms with Crippen LogP contribution >= 0.6 is 23.2 Å². The highest BCUT2D eigenvalue weighted by Crippen LogP contribution is 2.23. The summed E-state index contributed by atoms with van der Waals surface area (Å²) in [6, 6.07) is 6.25. The number of carbonyl (C=O) groups is 1. The molecular formula is C18H25Cl2N3O2. The molecule has 7 heteroatoms. The van der Waals surface area contributed by atoms with Gasteiger partial charge in [-0.2, -0.15) is 0 Å². The molecule has 0 saturated heterocycles. The fraction of sp³-hybridized carbons (Fsp3) is 0.556. The van der Waals surface area contributed by atoms with Gasteiger partial charge in [0.1, 0.15) is 5.82 Å². The van der Waals surface area contributed by atoms with Gasteiger partial charge in [-0.05, 0) is 31.0 Å². The number of aryl methyl sites for hydroxylation is 2. The lowest BCUT2D eigenvalue weighted by atomic mass is 10.1. The Labute approximate surface area is 158 Å². The molecule has 0 saturated carbocycles. The maximum atomic E-state index is 10.5. The fourth-order valence-electron chi connectivity index (χ4n) is 2.97. The Morgan fingerprint density at radius 3 is 2.56 bits per heavy atom. The first-order chi connectivity index (χ1) is 12.1. The second-order valence-electron chi connectivity index (χ2n) is 6.08. The van der Waals surface area contributed by atoms with Crippen LogP contribution in [0.2, 0.25) is 0 Å². The minimum atomic E-state index is -0.728. The second kappa shape index (κ2) is 9.88. The molecule has 0 aliphatic carbocycles. The summed E-state index contributed by atoms with van der Waals surface area (Å²) in [6.07, 6.45) is 3.66. The van der Waals surface area contributed by atoms with Crippen molar-refractivity contribution in [3.63, 3.8) is 0 Å². The van der Waals surface area contributed by atoms with Crippen LogP contribution in [0.5, 0.6) is 0 Å². The Bertz CT molecular complexity index is 697. The summed E-state index contributed by atoms with van der Waals surface area (Å²) in [5.41, 5.74) is 3.15. The van der Waals surface area contributed by atoms with E-state index < -0.39 is 5.97 Å². The van der Waals surface area contributed by atoms with Crippen molar-refractivity contribution < 1.29 is 9.90 Å². The number of unbranched alkanes of at least 4 members (excludes halogenated alkanes) is 2. The van der Waals surface area contributed by atoms with E-state index in [0.29, 0.717) is 11.8 Å². The van der Waals surface area contributed by atoms with Crippen molar-refractivity contribution in [3.8, 4) is 0 Å². The van der Waals surface area contributed by atoms with Crippen molar-refractivity contribution in [2.75, 3.05) is 29.7 Å². The van der Waals surface area contributed by atoms with Gasteiger partial charge in [-0.15, -0.1) is 23.2 Å². The third-order valence-electron chi connectivity index (χ3n) is 4.32. The summed E-state index contributed by atoms with van der Waals surface area (Å²) < 4.78 is 2.11. The highest BCUT2D eigenvalue weighted by molar-refractivity contribution is 6.18. The average molecular weight is 386 g/mol. The van der Waals surface area contributed by atoms with Gasteiger partial charge in [-0.1, -0.05) is 6.42 Å². The molecule has 0 amide bonds. The third kappa shape index (κ3) is 5.51. The van der Waals surface area contributed by atoms with E-state index in [-0.39, 0.29) is 6.42 Å². The normalized spacial score (nSPS) is 11.2. The molecular weight excluding hydrogens is 361 g/mol. The standard InChI is InChI=1S/C18H25Cl2N3O2/c1-22-16-8-7-14(23(11-9-19)12-10-20)13-15(16)21-17(22)5-3-2-4-6-18(24)25/h7-8,13H,2-6,9-12H2,1H3,(H,24,25). The minimum Gasteiger partial charge on any atom is -0.481 e. The maximum Gasteiger partial charge on any atom is 0.303 e. The zero-order valence-corrected chi connectivity index (χ0v) is 16.1. The van der Waals surface area contributed by atoms with E-state index in [4.69, 9.17) is 33.3 Å². The molecule has 2 aromatic rings. The van der Waals surface area contributed by atoms with Gasteiger partial charge in [0, 0.05) is 50.4 Å². The zero-order valence-electron chi connectivity index (χ0n) is 14.5. The largest absolute Gasteiger partial charge is 0.481 e. The molecule has 5 nitrogen and oxygen atoms in total. The molecule has 1 N–H and O–H groups in total. The van der Waals surface area contributed by atoms with Gasteiger partial charge < -0.3 is 14.6 Å². The van der Waals surface area contributed by atoms with Crippen LogP contribution in [0.15, 0.2) is 18.2 Å². The molecule has 1 aromatic carbocycles. The van der Waals surface area contributed by atoms with E-state index in [2.05, 4.69) is 27.7 Å². The van der Waals surface area contributed by atoms with E-state index in [0.717, 1.165) is 61.3 Å². The van der Waals surface area contributed by atoms with Gasteiger partial charge in [0.05, 0.1) is 11.0 Å². The van der Waals surface area contributed by atoms with E-state index >= 15 is 0 Å². The molecule has 0 spiro atoms. The summed E-state index contributed by atoms with van der Waals surface area (Å²) in [4.78, 5) is 17.5. The number of aliphatic carboxylic acids is 1. The molecule has 2 rings (SSSR count). The van der Waals surface area contributed by atoms with Crippen molar-refractivity contribution in [1.82, 2.24) is 9.55 Å². The monoisotopic (exact) mass is 385 g/mol. The Kier molecular flexibility index (Phi) is 7.85. The number of fused-ring (bicyclic) bond motifs is 1. The quantitative estimate of drug-likeness (QED) is 0.468. The van der Waals surface area contributed by atoms with Crippen LogP contribution in [-0.2, 0) is 18.3 Å². The van der Waals surface area contributed by atoms with Crippen molar-refractivity contribution in [2.24, 2.45) is 7.05 Å². The van der Waals surface area contributed by atoms with Gasteiger partial charge in [0.25, 0.3) is 0 Å². The number of imidazole rings is 1. The van der Waals surface area contributed by atoms with E-state index in [1.165, 1.54) is 0 Å². The minimum absolute atomic E-state index is 0.239. The molecule has 0 fully saturated rings. The Morgan fingerprint density at radius 1 is 1.20 bits per heavy atom. The van der Waals surface area contributed by atoms with Gasteiger partial charge in [-0.3, -0.25) is 4.79 Å². The molecule has 1 aromatic heterocycles. The highest BCUT2D eigenvalue weighted by atomic mass is 35.5. The number of carboxylic acids is 1. The van der Waals surface area contributed by atoms with Crippen LogP contribution in [0, 0.1) is 0 Å². The number of benzene rings is 1. The van der Waals surface area contributed by atoms with Gasteiger partial charge in [0.15, 0.2) is 0 Å². The van der Waals surface area contributed by atoms with Crippen LogP contribution in [0.1, 0.15) is 31.5 Å². The van der Waals surface area contributed by atoms with E-state index in [1.807, 2.05) is 7.05 Å². The van der Waals surface area contributed by atoms with Gasteiger partial charge in [0.2, 0.25) is 0 Å². The van der Waals surface area contributed by atoms with Crippen molar-refractivity contribution in [1.29, 1.82) is 0 Å². The predicted molar refractivity (Wildman–Crippen MR) is 104 cm³/mol. The number of aromatic nitrogens is 2. The summed E-state index contributed by atoms with van der Waals surface area (Å²) >= 11 is 11.8. The number of alkyl halides is 2. The molecule has 138 valence electrons. The third-order valence-corrected chi connectivity index (χ3v) is 4.66. The molecule has 1 heterocycles. The number of carboxylic acid groups (broad SMARTS) is 1. The maximum absolute atomic E-state index is 10.5. The molecule has 0 radical (unpaired) electrons. The SMILES string of the molecule is Cn1c(CCCCCC(=O)O)nc2cc(N(CCCl)CCCl)ccc21. The van der Waals surface area contributed by atoms with Gasteiger partial charge in [-0.25, -0.2) is 4.98 Å². The number of hydrogen-bond acceptors (Lipinski definition) is 3. The van der Waals surface area contributed by atoms with Crippen molar-refractivity contribution in [3.05, 3.63) is 24.0 Å². The number of anilines is 1. The molecule has 0 unspecified atom stereocenters. The summed E-state index contributed by atoms with van der Waals surface area (Å²) in [7, 11) is 2.02. The van der Waals surface area contributed by atoms with Crippen LogP contribution in [0.3, 0.4) is 0 Å². The molecule has 0 aliphatic rings. The van der Waals surface area contributed by atoms with Crippen molar-refractivity contribution in [2.45, 2.75) is 32.1 Å². The topological polar surface area (TPSA) is 58.4 Å². The van der Waals surface area contributed by atoms with Crippen molar-refractivity contribution >= 4 is 45.9 Å². The van der Waals surface area contributed by atoms with Crippen LogP contribution in [0.25, 0.3) is 11.0 Å². The molecule has 0 aliphatic heterocycles. The number of nitrogens with zero attached hydrogens (tertiary/aromatic N) is 3.